The third-order valence-corrected chi connectivity index (χ3v) is 3.71. The van der Waals surface area contributed by atoms with E-state index < -0.39 is 0 Å². The van der Waals surface area contributed by atoms with E-state index in [2.05, 4.69) is 10.3 Å². The van der Waals surface area contributed by atoms with Crippen molar-refractivity contribution < 1.29 is 9.18 Å². The van der Waals surface area contributed by atoms with E-state index >= 15 is 0 Å². The molecular weight excluding hydrogens is 303 g/mol. The van der Waals surface area contributed by atoms with E-state index in [1.165, 1.54) is 12.1 Å². The van der Waals surface area contributed by atoms with E-state index in [1.54, 1.807) is 24.5 Å². The van der Waals surface area contributed by atoms with Crippen LogP contribution in [0.4, 0.5) is 4.39 Å². The minimum absolute atomic E-state index is 0.0871. The highest BCUT2D eigenvalue weighted by Gasteiger charge is 2.05. The molecule has 4 heteroatoms. The van der Waals surface area contributed by atoms with Crippen LogP contribution in [0, 0.1) is 5.82 Å². The van der Waals surface area contributed by atoms with Gasteiger partial charge in [-0.3, -0.25) is 9.78 Å². The monoisotopic (exact) mass is 320 g/mol. The van der Waals surface area contributed by atoms with Crippen LogP contribution < -0.4 is 5.32 Å². The van der Waals surface area contributed by atoms with Crippen LogP contribution in [-0.4, -0.2) is 10.9 Å². The number of rotatable bonds is 5. The molecule has 0 aliphatic heterocycles. The van der Waals surface area contributed by atoms with Crippen LogP contribution in [0.3, 0.4) is 0 Å². The van der Waals surface area contributed by atoms with Gasteiger partial charge in [0.15, 0.2) is 0 Å². The number of nitrogens with zero attached hydrogens (tertiary/aromatic N) is 1. The third-order valence-electron chi connectivity index (χ3n) is 3.71. The van der Waals surface area contributed by atoms with Crippen molar-refractivity contribution >= 4 is 5.91 Å². The van der Waals surface area contributed by atoms with Gasteiger partial charge in [-0.1, -0.05) is 36.4 Å². The summed E-state index contributed by atoms with van der Waals surface area (Å²) in [6.45, 7) is 0.325. The van der Waals surface area contributed by atoms with Gasteiger partial charge in [0, 0.05) is 18.9 Å². The van der Waals surface area contributed by atoms with Crippen LogP contribution in [-0.2, 0) is 17.8 Å². The summed E-state index contributed by atoms with van der Waals surface area (Å²) in [6.07, 6.45) is 3.80. The summed E-state index contributed by atoms with van der Waals surface area (Å²) in [4.78, 5) is 16.0. The predicted molar refractivity (Wildman–Crippen MR) is 91.6 cm³/mol. The lowest BCUT2D eigenvalue weighted by Gasteiger charge is -2.07. The standard InChI is InChI=1S/C20H17FN2O/c21-19-3-1-2-16(12-19)14-23-20(24)13-15-4-6-17(7-5-15)18-8-10-22-11-9-18/h1-12H,13-14H2,(H,23,24). The predicted octanol–water partition coefficient (Wildman–Crippen LogP) is 3.75. The molecule has 0 atom stereocenters. The van der Waals surface area contributed by atoms with Gasteiger partial charge in [0.25, 0.3) is 0 Å². The number of hydrogen-bond acceptors (Lipinski definition) is 2. The van der Waals surface area contributed by atoms with Gasteiger partial charge >= 0.3 is 0 Å². The Bertz CT molecular complexity index is 817. The number of aromatic nitrogens is 1. The zero-order valence-electron chi connectivity index (χ0n) is 13.1. The van der Waals surface area contributed by atoms with Crippen molar-refractivity contribution in [2.75, 3.05) is 0 Å². The minimum atomic E-state index is -0.298. The van der Waals surface area contributed by atoms with Crippen LogP contribution in [0.2, 0.25) is 0 Å². The number of nitrogens with one attached hydrogen (secondary N) is 1. The molecule has 0 saturated carbocycles. The fourth-order valence-electron chi connectivity index (χ4n) is 2.45. The van der Waals surface area contributed by atoms with Crippen molar-refractivity contribution in [3.8, 4) is 11.1 Å². The molecule has 24 heavy (non-hydrogen) atoms. The molecule has 3 aromatic rings. The maximum absolute atomic E-state index is 13.1. The number of halogens is 1. The molecule has 0 fully saturated rings. The van der Waals surface area contributed by atoms with E-state index in [0.29, 0.717) is 13.0 Å². The maximum Gasteiger partial charge on any atom is 0.224 e. The van der Waals surface area contributed by atoms with Crippen LogP contribution in [0.5, 0.6) is 0 Å². The Labute approximate surface area is 140 Å². The first-order valence-electron chi connectivity index (χ1n) is 7.71. The Balaban J connectivity index is 1.57. The van der Waals surface area contributed by atoms with Crippen molar-refractivity contribution in [1.29, 1.82) is 0 Å². The number of carbonyl (C=O) groups excluding carboxylic acids is 1. The SMILES string of the molecule is O=C(Cc1ccc(-c2ccncc2)cc1)NCc1cccc(F)c1. The molecular formula is C20H17FN2O. The average molecular weight is 320 g/mol. The van der Waals surface area contributed by atoms with Gasteiger partial charge in [-0.05, 0) is 46.5 Å². The maximum atomic E-state index is 13.1. The summed E-state index contributed by atoms with van der Waals surface area (Å²) >= 11 is 0. The molecule has 0 aliphatic carbocycles. The zero-order chi connectivity index (χ0) is 16.8. The van der Waals surface area contributed by atoms with E-state index in [4.69, 9.17) is 0 Å². The Kier molecular flexibility index (Phi) is 4.96. The lowest BCUT2D eigenvalue weighted by molar-refractivity contribution is -0.120. The van der Waals surface area contributed by atoms with Crippen LogP contribution >= 0.6 is 0 Å². The molecule has 0 radical (unpaired) electrons. The number of benzene rings is 2. The van der Waals surface area contributed by atoms with Crippen LogP contribution in [0.1, 0.15) is 11.1 Å². The number of hydrogen-bond donors (Lipinski definition) is 1. The van der Waals surface area contributed by atoms with E-state index in [1.807, 2.05) is 36.4 Å². The fraction of sp³-hybridized carbons (Fsp3) is 0.100. The molecule has 0 saturated heterocycles. The summed E-state index contributed by atoms with van der Waals surface area (Å²) in [5.74, 6) is -0.385. The summed E-state index contributed by atoms with van der Waals surface area (Å²) in [7, 11) is 0. The molecule has 0 spiro atoms. The number of carbonyl (C=O) groups is 1. The molecule has 2 aromatic carbocycles. The zero-order valence-corrected chi connectivity index (χ0v) is 13.1. The number of amides is 1. The first kappa shape index (κ1) is 15.9. The van der Waals surface area contributed by atoms with E-state index in [9.17, 15) is 9.18 Å². The Hall–Kier alpha value is -3.01. The van der Waals surface area contributed by atoms with Crippen molar-refractivity contribution in [2.24, 2.45) is 0 Å². The highest BCUT2D eigenvalue weighted by Crippen LogP contribution is 2.18. The van der Waals surface area contributed by atoms with Gasteiger partial charge in [0.1, 0.15) is 5.82 Å². The second-order valence-electron chi connectivity index (χ2n) is 5.52. The lowest BCUT2D eigenvalue weighted by atomic mass is 10.0. The fourth-order valence-corrected chi connectivity index (χ4v) is 2.45. The topological polar surface area (TPSA) is 42.0 Å². The van der Waals surface area contributed by atoms with Gasteiger partial charge in [0.2, 0.25) is 5.91 Å². The Morgan fingerprint density at radius 2 is 1.62 bits per heavy atom. The van der Waals surface area contributed by atoms with Crippen molar-refractivity contribution in [2.45, 2.75) is 13.0 Å². The van der Waals surface area contributed by atoms with E-state index in [0.717, 1.165) is 22.3 Å². The molecule has 1 amide bonds. The second kappa shape index (κ2) is 7.51. The van der Waals surface area contributed by atoms with Crippen LogP contribution in [0.25, 0.3) is 11.1 Å². The summed E-state index contributed by atoms with van der Waals surface area (Å²) in [6, 6.07) is 18.0. The van der Waals surface area contributed by atoms with Crippen molar-refractivity contribution in [1.82, 2.24) is 10.3 Å². The molecule has 3 rings (SSSR count). The molecule has 120 valence electrons. The first-order chi connectivity index (χ1) is 11.7. The quantitative estimate of drug-likeness (QED) is 0.778. The van der Waals surface area contributed by atoms with Gasteiger partial charge in [0.05, 0.1) is 6.42 Å². The molecule has 3 nitrogen and oxygen atoms in total. The van der Waals surface area contributed by atoms with Crippen molar-refractivity contribution in [3.63, 3.8) is 0 Å². The van der Waals surface area contributed by atoms with Gasteiger partial charge in [-0.2, -0.15) is 0 Å². The van der Waals surface area contributed by atoms with Gasteiger partial charge < -0.3 is 5.32 Å². The highest BCUT2D eigenvalue weighted by molar-refractivity contribution is 5.78. The highest BCUT2D eigenvalue weighted by atomic mass is 19.1. The summed E-state index contributed by atoms with van der Waals surface area (Å²) in [5.41, 5.74) is 3.86. The molecule has 1 heterocycles. The molecule has 0 unspecified atom stereocenters. The Morgan fingerprint density at radius 1 is 0.917 bits per heavy atom. The van der Waals surface area contributed by atoms with Crippen LogP contribution in [0.15, 0.2) is 73.1 Å². The Morgan fingerprint density at radius 3 is 2.33 bits per heavy atom. The molecule has 1 aromatic heterocycles. The third kappa shape index (κ3) is 4.26. The first-order valence-corrected chi connectivity index (χ1v) is 7.71. The van der Waals surface area contributed by atoms with Gasteiger partial charge in [-0.15, -0.1) is 0 Å². The molecule has 1 N–H and O–H groups in total. The summed E-state index contributed by atoms with van der Waals surface area (Å²) in [5, 5.41) is 2.81. The number of pyridine rings is 1. The lowest BCUT2D eigenvalue weighted by Crippen LogP contribution is -2.24. The average Bonchev–Trinajstić information content (AvgIpc) is 2.61. The molecule has 0 aliphatic rings. The van der Waals surface area contributed by atoms with Crippen molar-refractivity contribution in [3.05, 3.63) is 90.0 Å². The molecule has 0 bridgehead atoms. The second-order valence-corrected chi connectivity index (χ2v) is 5.52. The van der Waals surface area contributed by atoms with Gasteiger partial charge in [-0.25, -0.2) is 4.39 Å². The smallest absolute Gasteiger partial charge is 0.224 e. The largest absolute Gasteiger partial charge is 0.352 e. The summed E-state index contributed by atoms with van der Waals surface area (Å²) < 4.78 is 13.1. The minimum Gasteiger partial charge on any atom is -0.352 e. The van der Waals surface area contributed by atoms with E-state index in [-0.39, 0.29) is 11.7 Å². The normalized spacial score (nSPS) is 10.4.